The molecule has 0 aliphatic carbocycles. The molecule has 0 bridgehead atoms. The second-order valence-corrected chi connectivity index (χ2v) is 7.43. The van der Waals surface area contributed by atoms with Crippen LogP contribution in [0.2, 0.25) is 5.02 Å². The Labute approximate surface area is 155 Å². The fourth-order valence-electron chi connectivity index (χ4n) is 2.14. The number of aromatic nitrogens is 2. The molecule has 0 radical (unpaired) electrons. The topological polar surface area (TPSA) is 84.0 Å². The van der Waals surface area contributed by atoms with Gasteiger partial charge in [0.15, 0.2) is 5.82 Å². The lowest BCUT2D eigenvalue weighted by Crippen LogP contribution is -2.14. The van der Waals surface area contributed by atoms with Gasteiger partial charge in [0.1, 0.15) is 11.6 Å². The monoisotopic (exact) mass is 392 g/mol. The minimum absolute atomic E-state index is 0.0218. The molecule has 6 nitrogen and oxygen atoms in total. The molecule has 0 aliphatic heterocycles. The lowest BCUT2D eigenvalue weighted by Gasteiger charge is -2.09. The Balaban J connectivity index is 1.67. The minimum atomic E-state index is -3.82. The first-order valence-corrected chi connectivity index (χ1v) is 9.39. The van der Waals surface area contributed by atoms with Gasteiger partial charge >= 0.3 is 0 Å². The molecule has 0 aliphatic rings. The van der Waals surface area contributed by atoms with E-state index in [1.165, 1.54) is 30.3 Å². The number of halogens is 2. The van der Waals surface area contributed by atoms with Crippen molar-refractivity contribution < 1.29 is 12.8 Å². The zero-order valence-electron chi connectivity index (χ0n) is 13.4. The average molecular weight is 393 g/mol. The van der Waals surface area contributed by atoms with E-state index in [1.807, 2.05) is 0 Å². The first-order valence-electron chi connectivity index (χ1n) is 7.53. The van der Waals surface area contributed by atoms with Crippen LogP contribution in [0.1, 0.15) is 5.56 Å². The number of anilines is 2. The molecule has 134 valence electrons. The summed E-state index contributed by atoms with van der Waals surface area (Å²) in [4.78, 5) is 0.0218. The third-order valence-electron chi connectivity index (χ3n) is 3.43. The number of hydrogen-bond acceptors (Lipinski definition) is 5. The van der Waals surface area contributed by atoms with E-state index in [1.54, 1.807) is 30.3 Å². The number of hydrogen-bond donors (Lipinski definition) is 2. The van der Waals surface area contributed by atoms with Gasteiger partial charge in [-0.05, 0) is 36.4 Å². The number of nitrogens with zero attached hydrogens (tertiary/aromatic N) is 2. The quantitative estimate of drug-likeness (QED) is 0.668. The number of sulfonamides is 1. The van der Waals surface area contributed by atoms with E-state index < -0.39 is 10.0 Å². The molecule has 0 spiro atoms. The largest absolute Gasteiger partial charge is 0.364 e. The van der Waals surface area contributed by atoms with Crippen molar-refractivity contribution in [3.8, 4) is 0 Å². The summed E-state index contributed by atoms with van der Waals surface area (Å²) in [7, 11) is -3.82. The maximum atomic E-state index is 13.6. The highest BCUT2D eigenvalue weighted by atomic mass is 35.5. The summed E-state index contributed by atoms with van der Waals surface area (Å²) in [5.74, 6) is 0.124. The van der Waals surface area contributed by atoms with Crippen LogP contribution in [0.3, 0.4) is 0 Å². The number of nitrogens with one attached hydrogen (secondary N) is 2. The van der Waals surface area contributed by atoms with Gasteiger partial charge in [0.05, 0.1) is 4.90 Å². The zero-order valence-corrected chi connectivity index (χ0v) is 14.9. The molecule has 1 heterocycles. The van der Waals surface area contributed by atoms with Gasteiger partial charge in [-0.2, -0.15) is 0 Å². The van der Waals surface area contributed by atoms with Crippen LogP contribution in [0.4, 0.5) is 16.0 Å². The van der Waals surface area contributed by atoms with E-state index in [2.05, 4.69) is 20.2 Å². The van der Waals surface area contributed by atoms with Crippen molar-refractivity contribution in [3.63, 3.8) is 0 Å². The van der Waals surface area contributed by atoms with Crippen molar-refractivity contribution in [2.75, 3.05) is 10.0 Å². The molecular weight excluding hydrogens is 379 g/mol. The summed E-state index contributed by atoms with van der Waals surface area (Å²) in [5.41, 5.74) is 0.486. The van der Waals surface area contributed by atoms with Crippen LogP contribution in [0.25, 0.3) is 0 Å². The predicted octanol–water partition coefficient (Wildman–Crippen LogP) is 3.68. The molecule has 0 fully saturated rings. The maximum Gasteiger partial charge on any atom is 0.263 e. The van der Waals surface area contributed by atoms with Crippen molar-refractivity contribution >= 4 is 33.3 Å². The zero-order chi connectivity index (χ0) is 18.6. The van der Waals surface area contributed by atoms with Crippen molar-refractivity contribution in [2.24, 2.45) is 0 Å². The molecule has 2 aromatic carbocycles. The van der Waals surface area contributed by atoms with Crippen LogP contribution in [-0.2, 0) is 16.6 Å². The Morgan fingerprint density at radius 2 is 1.69 bits per heavy atom. The van der Waals surface area contributed by atoms with Gasteiger partial charge < -0.3 is 5.32 Å². The fraction of sp³-hybridized carbons (Fsp3) is 0.0588. The van der Waals surface area contributed by atoms with Gasteiger partial charge in [-0.25, -0.2) is 12.8 Å². The molecule has 0 saturated heterocycles. The third kappa shape index (κ3) is 4.47. The minimum Gasteiger partial charge on any atom is -0.364 e. The normalized spacial score (nSPS) is 11.2. The number of benzene rings is 2. The lowest BCUT2D eigenvalue weighted by atomic mass is 10.2. The van der Waals surface area contributed by atoms with Crippen molar-refractivity contribution in [3.05, 3.63) is 77.1 Å². The molecule has 0 unspecified atom stereocenters. The summed E-state index contributed by atoms with van der Waals surface area (Å²) < 4.78 is 40.5. The van der Waals surface area contributed by atoms with Crippen LogP contribution in [0.5, 0.6) is 0 Å². The van der Waals surface area contributed by atoms with Crippen molar-refractivity contribution in [1.29, 1.82) is 0 Å². The summed E-state index contributed by atoms with van der Waals surface area (Å²) in [6.45, 7) is 0.231. The molecule has 3 aromatic rings. The Morgan fingerprint density at radius 3 is 2.38 bits per heavy atom. The summed E-state index contributed by atoms with van der Waals surface area (Å²) in [5, 5.41) is 10.9. The Kier molecular flexibility index (Phi) is 5.34. The molecule has 3 rings (SSSR count). The van der Waals surface area contributed by atoms with Crippen LogP contribution in [0, 0.1) is 5.82 Å². The first kappa shape index (κ1) is 18.1. The summed E-state index contributed by atoms with van der Waals surface area (Å²) in [6, 6.07) is 15.3. The third-order valence-corrected chi connectivity index (χ3v) is 5.02. The van der Waals surface area contributed by atoms with Gasteiger partial charge in [0, 0.05) is 17.1 Å². The Bertz CT molecular complexity index is 1010. The lowest BCUT2D eigenvalue weighted by molar-refractivity contribution is 0.601. The SMILES string of the molecule is O=S(=O)(Nc1ccc(NCc2ccccc2F)nn1)c1cccc(Cl)c1. The fourth-order valence-corrected chi connectivity index (χ4v) is 3.44. The standard InChI is InChI=1S/C17H14ClFN4O2S/c18-13-5-3-6-14(10-13)26(24,25)23-17-9-8-16(21-22-17)20-11-12-4-1-2-7-15(12)19/h1-10H,11H2,(H,20,21)(H,22,23). The maximum absolute atomic E-state index is 13.6. The van der Waals surface area contributed by atoms with E-state index in [4.69, 9.17) is 11.6 Å². The predicted molar refractivity (Wildman–Crippen MR) is 98.0 cm³/mol. The van der Waals surface area contributed by atoms with Crippen LogP contribution in [-0.4, -0.2) is 18.6 Å². The van der Waals surface area contributed by atoms with Crippen LogP contribution < -0.4 is 10.0 Å². The van der Waals surface area contributed by atoms with E-state index in [-0.39, 0.29) is 23.1 Å². The van der Waals surface area contributed by atoms with Crippen LogP contribution in [0.15, 0.2) is 65.6 Å². The molecular formula is C17H14ClFN4O2S. The molecule has 26 heavy (non-hydrogen) atoms. The van der Waals surface area contributed by atoms with Crippen LogP contribution >= 0.6 is 11.6 Å². The van der Waals surface area contributed by atoms with E-state index in [9.17, 15) is 12.8 Å². The molecule has 2 N–H and O–H groups in total. The molecule has 0 amide bonds. The highest BCUT2D eigenvalue weighted by molar-refractivity contribution is 7.92. The average Bonchev–Trinajstić information content (AvgIpc) is 2.62. The molecule has 1 aromatic heterocycles. The number of rotatable bonds is 6. The van der Waals surface area contributed by atoms with Gasteiger partial charge in [-0.1, -0.05) is 35.9 Å². The van der Waals surface area contributed by atoms with E-state index in [0.29, 0.717) is 16.4 Å². The highest BCUT2D eigenvalue weighted by Gasteiger charge is 2.15. The second kappa shape index (κ2) is 7.67. The Morgan fingerprint density at radius 1 is 0.962 bits per heavy atom. The van der Waals surface area contributed by atoms with Gasteiger partial charge in [-0.3, -0.25) is 4.72 Å². The van der Waals surface area contributed by atoms with E-state index >= 15 is 0 Å². The van der Waals surface area contributed by atoms with Crippen molar-refractivity contribution in [1.82, 2.24) is 10.2 Å². The Hall–Kier alpha value is -2.71. The highest BCUT2D eigenvalue weighted by Crippen LogP contribution is 2.18. The first-order chi connectivity index (χ1) is 12.4. The van der Waals surface area contributed by atoms with Gasteiger partial charge in [0.25, 0.3) is 10.0 Å². The smallest absolute Gasteiger partial charge is 0.263 e. The summed E-state index contributed by atoms with van der Waals surface area (Å²) in [6.07, 6.45) is 0. The molecule has 0 atom stereocenters. The molecule has 0 saturated carbocycles. The second-order valence-electron chi connectivity index (χ2n) is 5.31. The molecule has 9 heteroatoms. The van der Waals surface area contributed by atoms with Crippen molar-refractivity contribution in [2.45, 2.75) is 11.4 Å². The van der Waals surface area contributed by atoms with Gasteiger partial charge in [-0.15, -0.1) is 10.2 Å². The van der Waals surface area contributed by atoms with Gasteiger partial charge in [0.2, 0.25) is 0 Å². The van der Waals surface area contributed by atoms with E-state index in [0.717, 1.165) is 0 Å². The summed E-state index contributed by atoms with van der Waals surface area (Å²) >= 11 is 5.82.